The van der Waals surface area contributed by atoms with Gasteiger partial charge in [-0.25, -0.2) is 9.97 Å². The molecule has 0 aliphatic rings. The summed E-state index contributed by atoms with van der Waals surface area (Å²) in [5.74, 6) is 0.154. The molecule has 0 bridgehead atoms. The van der Waals surface area contributed by atoms with Crippen LogP contribution >= 0.6 is 0 Å². The van der Waals surface area contributed by atoms with E-state index in [1.807, 2.05) is 20.3 Å². The number of aromatic hydroxyl groups is 1. The number of aromatic nitrogens is 3. The number of imidazole rings is 1. The molecule has 6 aromatic rings. The van der Waals surface area contributed by atoms with Crippen LogP contribution in [0.1, 0.15) is 26.5 Å². The van der Waals surface area contributed by atoms with Crippen LogP contribution < -0.4 is 4.90 Å². The summed E-state index contributed by atoms with van der Waals surface area (Å²) in [6.45, 7) is 6.20. The molecule has 0 spiro atoms. The summed E-state index contributed by atoms with van der Waals surface area (Å²) >= 11 is 0. The lowest BCUT2D eigenvalue weighted by atomic mass is 9.92. The van der Waals surface area contributed by atoms with Crippen molar-refractivity contribution in [2.75, 3.05) is 19.0 Å². The van der Waals surface area contributed by atoms with Crippen molar-refractivity contribution < 1.29 is 5.11 Å². The molecule has 5 nitrogen and oxygen atoms in total. The molecule has 5 heteroatoms. The van der Waals surface area contributed by atoms with Crippen LogP contribution in [0.25, 0.3) is 49.7 Å². The van der Waals surface area contributed by atoms with Gasteiger partial charge in [-0.1, -0.05) is 81.4 Å². The van der Waals surface area contributed by atoms with E-state index in [-0.39, 0.29) is 11.3 Å². The van der Waals surface area contributed by atoms with E-state index in [2.05, 4.69) is 105 Å². The third-order valence-electron chi connectivity index (χ3n) is 6.98. The summed E-state index contributed by atoms with van der Waals surface area (Å²) < 4.78 is 1.80. The largest absolute Gasteiger partial charge is 0.493 e. The molecule has 0 fully saturated rings. The summed E-state index contributed by atoms with van der Waals surface area (Å²) in [6, 6.07) is 27.3. The van der Waals surface area contributed by atoms with Gasteiger partial charge in [0.2, 0.25) is 5.88 Å². The van der Waals surface area contributed by atoms with Gasteiger partial charge in [0.25, 0.3) is 0 Å². The monoisotopic (exact) mass is 486 g/mol. The molecule has 0 amide bonds. The van der Waals surface area contributed by atoms with Gasteiger partial charge in [-0.15, -0.1) is 0 Å². The fourth-order valence-electron chi connectivity index (χ4n) is 5.04. The van der Waals surface area contributed by atoms with E-state index in [0.29, 0.717) is 11.3 Å². The Morgan fingerprint density at radius 2 is 1.38 bits per heavy atom. The molecular weight excluding hydrogens is 456 g/mol. The van der Waals surface area contributed by atoms with Crippen LogP contribution in [-0.2, 0) is 5.41 Å². The number of benzene rings is 4. The van der Waals surface area contributed by atoms with E-state index < -0.39 is 0 Å². The Morgan fingerprint density at radius 1 is 0.784 bits per heavy atom. The second-order valence-corrected chi connectivity index (χ2v) is 10.8. The highest BCUT2D eigenvalue weighted by Crippen LogP contribution is 2.41. The van der Waals surface area contributed by atoms with Crippen LogP contribution in [0.4, 0.5) is 5.69 Å². The number of anilines is 1. The van der Waals surface area contributed by atoms with Crippen molar-refractivity contribution in [3.63, 3.8) is 0 Å². The first kappa shape index (κ1) is 23.0. The fraction of sp³-hybridized carbons (Fsp3) is 0.188. The maximum absolute atomic E-state index is 11.4. The van der Waals surface area contributed by atoms with Gasteiger partial charge >= 0.3 is 0 Å². The molecule has 184 valence electrons. The molecule has 0 radical (unpaired) electrons. The van der Waals surface area contributed by atoms with E-state index >= 15 is 0 Å². The van der Waals surface area contributed by atoms with Crippen molar-refractivity contribution in [3.8, 4) is 28.4 Å². The number of rotatable bonds is 3. The predicted octanol–water partition coefficient (Wildman–Crippen LogP) is 7.44. The lowest BCUT2D eigenvalue weighted by Gasteiger charge is -2.15. The Morgan fingerprint density at radius 3 is 1.95 bits per heavy atom. The number of hydrogen-bond acceptors (Lipinski definition) is 4. The van der Waals surface area contributed by atoms with Gasteiger partial charge in [0, 0.05) is 42.5 Å². The lowest BCUT2D eigenvalue weighted by molar-refractivity contribution is 0.421. The zero-order chi connectivity index (χ0) is 25.9. The van der Waals surface area contributed by atoms with Crippen molar-refractivity contribution >= 4 is 32.9 Å². The summed E-state index contributed by atoms with van der Waals surface area (Å²) in [5, 5.41) is 15.9. The van der Waals surface area contributed by atoms with Crippen molar-refractivity contribution in [1.82, 2.24) is 14.4 Å². The standard InChI is InChI=1S/C32H30N4O/c1-32(2,3)29-31(37)36-19-26(20-14-16-23(17-15-20)35(4)5)33-28(30(36)34-29)27-24-12-8-6-10-21(24)18-22-11-7-9-13-25(22)27/h6-19,37H,1-5H3. The van der Waals surface area contributed by atoms with Gasteiger partial charge in [-0.2, -0.15) is 0 Å². The molecule has 0 saturated heterocycles. The summed E-state index contributed by atoms with van der Waals surface area (Å²) in [4.78, 5) is 12.3. The molecule has 0 aliphatic carbocycles. The third-order valence-corrected chi connectivity index (χ3v) is 6.98. The fourth-order valence-corrected chi connectivity index (χ4v) is 5.04. The van der Waals surface area contributed by atoms with Gasteiger partial charge in [0.1, 0.15) is 11.4 Å². The Hall–Kier alpha value is -4.38. The minimum Gasteiger partial charge on any atom is -0.493 e. The quantitative estimate of drug-likeness (QED) is 0.264. The summed E-state index contributed by atoms with van der Waals surface area (Å²) in [5.41, 5.74) is 5.62. The molecule has 2 aromatic heterocycles. The van der Waals surface area contributed by atoms with E-state index in [4.69, 9.17) is 9.97 Å². The first-order chi connectivity index (χ1) is 17.7. The molecule has 2 heterocycles. The van der Waals surface area contributed by atoms with Crippen LogP contribution in [-0.4, -0.2) is 33.6 Å². The molecule has 37 heavy (non-hydrogen) atoms. The molecule has 4 aromatic carbocycles. The first-order valence-electron chi connectivity index (χ1n) is 12.5. The second kappa shape index (κ2) is 8.34. The van der Waals surface area contributed by atoms with Crippen LogP contribution in [0, 0.1) is 0 Å². The maximum atomic E-state index is 11.4. The molecule has 0 atom stereocenters. The van der Waals surface area contributed by atoms with E-state index in [9.17, 15) is 5.11 Å². The average molecular weight is 487 g/mol. The maximum Gasteiger partial charge on any atom is 0.219 e. The molecular formula is C32H30N4O. The second-order valence-electron chi connectivity index (χ2n) is 10.8. The van der Waals surface area contributed by atoms with Gasteiger partial charge < -0.3 is 10.0 Å². The highest BCUT2D eigenvalue weighted by molar-refractivity contribution is 6.13. The number of nitrogens with zero attached hydrogens (tertiary/aromatic N) is 4. The SMILES string of the molecule is CN(C)c1ccc(-c2cn3c(O)c(C(C)(C)C)nc3c(-c3c4ccccc4cc4ccccc34)n2)cc1. The van der Waals surface area contributed by atoms with E-state index in [1.54, 1.807) is 4.40 Å². The van der Waals surface area contributed by atoms with Gasteiger partial charge in [-0.3, -0.25) is 4.40 Å². The van der Waals surface area contributed by atoms with Crippen molar-refractivity contribution in [1.29, 1.82) is 0 Å². The molecule has 0 aliphatic heterocycles. The highest BCUT2D eigenvalue weighted by Gasteiger charge is 2.27. The Kier molecular flexibility index (Phi) is 5.19. The van der Waals surface area contributed by atoms with Crippen molar-refractivity contribution in [2.24, 2.45) is 0 Å². The molecule has 0 saturated carbocycles. The van der Waals surface area contributed by atoms with Crippen LogP contribution in [0.2, 0.25) is 0 Å². The lowest BCUT2D eigenvalue weighted by Crippen LogP contribution is -2.11. The van der Waals surface area contributed by atoms with Crippen molar-refractivity contribution in [2.45, 2.75) is 26.2 Å². The summed E-state index contributed by atoms with van der Waals surface area (Å²) in [7, 11) is 4.06. The van der Waals surface area contributed by atoms with Crippen LogP contribution in [0.5, 0.6) is 5.88 Å². The first-order valence-corrected chi connectivity index (χ1v) is 12.5. The third kappa shape index (κ3) is 3.78. The zero-order valence-corrected chi connectivity index (χ0v) is 21.8. The van der Waals surface area contributed by atoms with Crippen molar-refractivity contribution in [3.05, 3.63) is 90.8 Å². The minimum absolute atomic E-state index is 0.154. The van der Waals surface area contributed by atoms with Gasteiger partial charge in [0.15, 0.2) is 5.65 Å². The molecule has 6 rings (SSSR count). The highest BCUT2D eigenvalue weighted by atomic mass is 16.3. The topological polar surface area (TPSA) is 53.7 Å². The number of fused-ring (bicyclic) bond motifs is 3. The Bertz CT molecular complexity index is 1740. The van der Waals surface area contributed by atoms with E-state index in [1.165, 1.54) is 0 Å². The van der Waals surface area contributed by atoms with Gasteiger partial charge in [0.05, 0.1) is 5.69 Å². The Balaban J connectivity index is 1.75. The minimum atomic E-state index is -0.332. The average Bonchev–Trinajstić information content (AvgIpc) is 3.24. The smallest absolute Gasteiger partial charge is 0.219 e. The van der Waals surface area contributed by atoms with E-state index in [0.717, 1.165) is 49.7 Å². The Labute approximate surface area is 216 Å². The summed E-state index contributed by atoms with van der Waals surface area (Å²) in [6.07, 6.45) is 1.90. The normalized spacial score (nSPS) is 12.0. The van der Waals surface area contributed by atoms with Crippen LogP contribution in [0.3, 0.4) is 0 Å². The molecule has 0 unspecified atom stereocenters. The zero-order valence-electron chi connectivity index (χ0n) is 21.8. The van der Waals surface area contributed by atoms with Crippen LogP contribution in [0.15, 0.2) is 85.1 Å². The predicted molar refractivity (Wildman–Crippen MR) is 154 cm³/mol. The molecule has 1 N–H and O–H groups in total. The number of hydrogen-bond donors (Lipinski definition) is 1. The van der Waals surface area contributed by atoms with Gasteiger partial charge in [-0.05, 0) is 39.7 Å².